The first-order valence-electron chi connectivity index (χ1n) is 7.51. The smallest absolute Gasteiger partial charge is 0.407 e. The van der Waals surface area contributed by atoms with Crippen molar-refractivity contribution in [3.05, 3.63) is 41.5 Å². The molecule has 0 radical (unpaired) electrons. The third-order valence-electron chi connectivity index (χ3n) is 2.87. The molecule has 0 aliphatic heterocycles. The lowest BCUT2D eigenvalue weighted by Gasteiger charge is -2.19. The molecule has 0 aliphatic carbocycles. The zero-order valence-electron chi connectivity index (χ0n) is 13.8. The van der Waals surface area contributed by atoms with Crippen LogP contribution in [0.25, 0.3) is 6.08 Å². The second kappa shape index (κ2) is 7.87. The second-order valence-corrected chi connectivity index (χ2v) is 6.44. The Balaban J connectivity index is 2.35. The maximum atomic E-state index is 11.5. The number of hydrogen-bond donors (Lipinski definition) is 1. The van der Waals surface area contributed by atoms with Gasteiger partial charge in [0, 0.05) is 6.54 Å². The average molecular weight is 289 g/mol. The molecule has 116 valence electrons. The standard InChI is InChI=1S/C18H27NO2/c1-14(2)16-11-8-10-15(13-16)9-6-7-12-19-17(20)21-18(3,4)5/h6,8-11,13-14H,7,12H2,1-5H3,(H,19,20). The minimum absolute atomic E-state index is 0.363. The van der Waals surface area contributed by atoms with Crippen LogP contribution in [0.15, 0.2) is 30.3 Å². The molecule has 1 aromatic carbocycles. The Morgan fingerprint density at radius 1 is 1.33 bits per heavy atom. The summed E-state index contributed by atoms with van der Waals surface area (Å²) in [5, 5.41) is 2.74. The molecule has 0 spiro atoms. The van der Waals surface area contributed by atoms with Crippen LogP contribution in [0.2, 0.25) is 0 Å². The van der Waals surface area contributed by atoms with Gasteiger partial charge in [-0.25, -0.2) is 4.79 Å². The number of amides is 1. The van der Waals surface area contributed by atoms with Crippen LogP contribution in [0.4, 0.5) is 4.79 Å². The molecular formula is C18H27NO2. The molecule has 3 nitrogen and oxygen atoms in total. The van der Waals surface area contributed by atoms with Crippen molar-refractivity contribution in [2.75, 3.05) is 6.54 Å². The van der Waals surface area contributed by atoms with E-state index in [-0.39, 0.29) is 6.09 Å². The monoisotopic (exact) mass is 289 g/mol. The summed E-state index contributed by atoms with van der Waals surface area (Å²) in [4.78, 5) is 11.5. The SMILES string of the molecule is CC(C)c1cccc(C=CCCNC(=O)OC(C)(C)C)c1. The van der Waals surface area contributed by atoms with Crippen molar-refractivity contribution in [3.8, 4) is 0 Å². The van der Waals surface area contributed by atoms with E-state index < -0.39 is 5.60 Å². The molecule has 1 N–H and O–H groups in total. The lowest BCUT2D eigenvalue weighted by molar-refractivity contribution is 0.0529. The zero-order valence-corrected chi connectivity index (χ0v) is 13.8. The van der Waals surface area contributed by atoms with Gasteiger partial charge in [0.1, 0.15) is 5.60 Å². The highest BCUT2D eigenvalue weighted by molar-refractivity contribution is 5.67. The van der Waals surface area contributed by atoms with Crippen molar-refractivity contribution in [2.24, 2.45) is 0 Å². The summed E-state index contributed by atoms with van der Waals surface area (Å²) in [7, 11) is 0. The number of benzene rings is 1. The van der Waals surface area contributed by atoms with Gasteiger partial charge in [-0.05, 0) is 44.2 Å². The Morgan fingerprint density at radius 2 is 2.05 bits per heavy atom. The van der Waals surface area contributed by atoms with Crippen LogP contribution in [0.3, 0.4) is 0 Å². The lowest BCUT2D eigenvalue weighted by Crippen LogP contribution is -2.32. The van der Waals surface area contributed by atoms with Crippen LogP contribution in [0.1, 0.15) is 58.1 Å². The summed E-state index contributed by atoms with van der Waals surface area (Å²) in [6.07, 6.45) is 4.57. The molecule has 1 aromatic rings. The Labute approximate surface area is 128 Å². The minimum Gasteiger partial charge on any atom is -0.444 e. The highest BCUT2D eigenvalue weighted by atomic mass is 16.6. The van der Waals surface area contributed by atoms with Crippen LogP contribution in [-0.4, -0.2) is 18.2 Å². The van der Waals surface area contributed by atoms with Gasteiger partial charge in [0.05, 0.1) is 0 Å². The zero-order chi connectivity index (χ0) is 15.9. The fourth-order valence-electron chi connectivity index (χ4n) is 1.81. The van der Waals surface area contributed by atoms with E-state index in [2.05, 4.69) is 55.6 Å². The molecule has 0 aliphatic rings. The van der Waals surface area contributed by atoms with E-state index >= 15 is 0 Å². The fourth-order valence-corrected chi connectivity index (χ4v) is 1.81. The molecule has 1 rings (SSSR count). The molecular weight excluding hydrogens is 262 g/mol. The van der Waals surface area contributed by atoms with Gasteiger partial charge in [-0.2, -0.15) is 0 Å². The molecule has 0 saturated heterocycles. The van der Waals surface area contributed by atoms with E-state index in [1.165, 1.54) is 11.1 Å². The molecule has 0 unspecified atom stereocenters. The Hall–Kier alpha value is -1.77. The third-order valence-corrected chi connectivity index (χ3v) is 2.87. The quantitative estimate of drug-likeness (QED) is 0.795. The number of nitrogens with one attached hydrogen (secondary N) is 1. The van der Waals surface area contributed by atoms with E-state index in [1.807, 2.05) is 20.8 Å². The van der Waals surface area contributed by atoms with E-state index in [9.17, 15) is 4.79 Å². The van der Waals surface area contributed by atoms with Gasteiger partial charge in [0.25, 0.3) is 0 Å². The van der Waals surface area contributed by atoms with Gasteiger partial charge < -0.3 is 10.1 Å². The number of ether oxygens (including phenoxy) is 1. The Kier molecular flexibility index (Phi) is 6.47. The first kappa shape index (κ1) is 17.3. The second-order valence-electron chi connectivity index (χ2n) is 6.44. The first-order valence-corrected chi connectivity index (χ1v) is 7.51. The number of hydrogen-bond acceptors (Lipinski definition) is 2. The van der Waals surface area contributed by atoms with Gasteiger partial charge in [-0.15, -0.1) is 0 Å². The van der Waals surface area contributed by atoms with Crippen LogP contribution in [0, 0.1) is 0 Å². The molecule has 0 aromatic heterocycles. The summed E-state index contributed by atoms with van der Waals surface area (Å²) >= 11 is 0. The molecule has 21 heavy (non-hydrogen) atoms. The number of carbonyl (C=O) groups is 1. The Morgan fingerprint density at radius 3 is 2.67 bits per heavy atom. The van der Waals surface area contributed by atoms with Crippen molar-refractivity contribution in [3.63, 3.8) is 0 Å². The van der Waals surface area contributed by atoms with Gasteiger partial charge in [-0.3, -0.25) is 0 Å². The van der Waals surface area contributed by atoms with Crippen molar-refractivity contribution in [2.45, 2.75) is 52.6 Å². The molecule has 1 amide bonds. The molecule has 0 bridgehead atoms. The van der Waals surface area contributed by atoms with E-state index in [1.54, 1.807) is 0 Å². The fraction of sp³-hybridized carbons (Fsp3) is 0.500. The summed E-state index contributed by atoms with van der Waals surface area (Å²) < 4.78 is 5.17. The van der Waals surface area contributed by atoms with Crippen LogP contribution < -0.4 is 5.32 Å². The maximum absolute atomic E-state index is 11.5. The molecule has 3 heteroatoms. The van der Waals surface area contributed by atoms with E-state index in [0.29, 0.717) is 12.5 Å². The van der Waals surface area contributed by atoms with Gasteiger partial charge in [0.2, 0.25) is 0 Å². The predicted molar refractivity (Wildman–Crippen MR) is 88.4 cm³/mol. The molecule has 0 heterocycles. The predicted octanol–water partition coefficient (Wildman–Crippen LogP) is 4.74. The molecule has 0 atom stereocenters. The van der Waals surface area contributed by atoms with Crippen molar-refractivity contribution >= 4 is 12.2 Å². The normalized spacial score (nSPS) is 11.9. The first-order chi connectivity index (χ1) is 9.78. The van der Waals surface area contributed by atoms with Crippen LogP contribution in [-0.2, 0) is 4.74 Å². The highest BCUT2D eigenvalue weighted by Gasteiger charge is 2.15. The van der Waals surface area contributed by atoms with E-state index in [4.69, 9.17) is 4.74 Å². The van der Waals surface area contributed by atoms with Crippen molar-refractivity contribution in [1.82, 2.24) is 5.32 Å². The van der Waals surface area contributed by atoms with Crippen molar-refractivity contribution < 1.29 is 9.53 Å². The number of alkyl carbamates (subject to hydrolysis) is 1. The maximum Gasteiger partial charge on any atom is 0.407 e. The van der Waals surface area contributed by atoms with E-state index in [0.717, 1.165) is 6.42 Å². The number of rotatable bonds is 5. The van der Waals surface area contributed by atoms with Gasteiger partial charge in [0.15, 0.2) is 0 Å². The van der Waals surface area contributed by atoms with Gasteiger partial charge in [-0.1, -0.05) is 50.3 Å². The number of carbonyl (C=O) groups excluding carboxylic acids is 1. The highest BCUT2D eigenvalue weighted by Crippen LogP contribution is 2.16. The summed E-state index contributed by atoms with van der Waals surface area (Å²) in [5.41, 5.74) is 2.08. The lowest BCUT2D eigenvalue weighted by atomic mass is 10.0. The van der Waals surface area contributed by atoms with Crippen molar-refractivity contribution in [1.29, 1.82) is 0 Å². The molecule has 0 fully saturated rings. The summed E-state index contributed by atoms with van der Waals surface area (Å²) in [5.74, 6) is 0.534. The minimum atomic E-state index is -0.447. The largest absolute Gasteiger partial charge is 0.444 e. The third kappa shape index (κ3) is 7.54. The Bertz CT molecular complexity index is 484. The topological polar surface area (TPSA) is 38.3 Å². The van der Waals surface area contributed by atoms with Crippen LogP contribution in [0.5, 0.6) is 0 Å². The summed E-state index contributed by atoms with van der Waals surface area (Å²) in [6.45, 7) is 10.5. The summed E-state index contributed by atoms with van der Waals surface area (Å²) in [6, 6.07) is 8.51. The average Bonchev–Trinajstić information content (AvgIpc) is 2.36. The molecule has 0 saturated carbocycles. The van der Waals surface area contributed by atoms with Gasteiger partial charge >= 0.3 is 6.09 Å². The van der Waals surface area contributed by atoms with Crippen LogP contribution >= 0.6 is 0 Å².